The number of esters is 1. The van der Waals surface area contributed by atoms with E-state index in [1.807, 2.05) is 0 Å². The first kappa shape index (κ1) is 22.3. The number of ether oxygens (including phenoxy) is 2. The summed E-state index contributed by atoms with van der Waals surface area (Å²) in [6, 6.07) is 4.79. The number of hydrogen-bond donors (Lipinski definition) is 1. The molecule has 3 rings (SSSR count). The summed E-state index contributed by atoms with van der Waals surface area (Å²) in [6.45, 7) is 0.603. The van der Waals surface area contributed by atoms with Crippen LogP contribution in [-0.2, 0) is 11.3 Å². The minimum Gasteiger partial charge on any atom is -0.497 e. The molecule has 3 aromatic rings. The SMILES string of the molecule is CCOC(=O)c1cnn2cc(F)c(N(Cc3ccc(OC)cc3)[C@@H](CO)C(F)F)nc12. The zero-order chi connectivity index (χ0) is 22.5. The molecule has 1 aromatic carbocycles. The van der Waals surface area contributed by atoms with Gasteiger partial charge in [-0.1, -0.05) is 12.1 Å². The molecule has 0 bridgehead atoms. The van der Waals surface area contributed by atoms with Crippen LogP contribution in [-0.4, -0.2) is 58.5 Å². The summed E-state index contributed by atoms with van der Waals surface area (Å²) in [5.41, 5.74) is 0.464. The van der Waals surface area contributed by atoms with E-state index in [9.17, 15) is 23.1 Å². The van der Waals surface area contributed by atoms with Crippen LogP contribution in [0, 0.1) is 5.82 Å². The molecule has 8 nitrogen and oxygen atoms in total. The van der Waals surface area contributed by atoms with Gasteiger partial charge in [0, 0.05) is 6.54 Å². The molecule has 31 heavy (non-hydrogen) atoms. The number of aliphatic hydroxyl groups is 1. The predicted molar refractivity (Wildman–Crippen MR) is 105 cm³/mol. The second-order valence-corrected chi connectivity index (χ2v) is 6.52. The van der Waals surface area contributed by atoms with E-state index in [1.54, 1.807) is 31.2 Å². The Balaban J connectivity index is 2.09. The number of aliphatic hydroxyl groups excluding tert-OH is 1. The molecule has 2 heterocycles. The van der Waals surface area contributed by atoms with Crippen LogP contribution >= 0.6 is 0 Å². The van der Waals surface area contributed by atoms with E-state index in [0.717, 1.165) is 21.8 Å². The van der Waals surface area contributed by atoms with Crippen molar-refractivity contribution in [3.63, 3.8) is 0 Å². The number of nitrogens with zero attached hydrogens (tertiary/aromatic N) is 4. The van der Waals surface area contributed by atoms with Gasteiger partial charge in [0.05, 0.1) is 32.7 Å². The Labute approximate surface area is 175 Å². The Kier molecular flexibility index (Phi) is 6.95. The maximum Gasteiger partial charge on any atom is 0.343 e. The van der Waals surface area contributed by atoms with Gasteiger partial charge in [0.2, 0.25) is 0 Å². The summed E-state index contributed by atoms with van der Waals surface area (Å²) in [4.78, 5) is 17.2. The molecule has 11 heteroatoms. The van der Waals surface area contributed by atoms with Crippen molar-refractivity contribution in [3.05, 3.63) is 53.6 Å². The van der Waals surface area contributed by atoms with E-state index >= 15 is 0 Å². The highest BCUT2D eigenvalue weighted by molar-refractivity contribution is 5.95. The van der Waals surface area contributed by atoms with Crippen LogP contribution in [0.15, 0.2) is 36.7 Å². The monoisotopic (exact) mass is 438 g/mol. The summed E-state index contributed by atoms with van der Waals surface area (Å²) in [5, 5.41) is 13.5. The van der Waals surface area contributed by atoms with Crippen molar-refractivity contribution in [3.8, 4) is 5.75 Å². The molecule has 0 fully saturated rings. The fourth-order valence-electron chi connectivity index (χ4n) is 3.03. The Morgan fingerprint density at radius 1 is 1.29 bits per heavy atom. The Hall–Kier alpha value is -3.34. The van der Waals surface area contributed by atoms with Crippen molar-refractivity contribution in [1.29, 1.82) is 0 Å². The molecular weight excluding hydrogens is 417 g/mol. The Morgan fingerprint density at radius 3 is 2.58 bits per heavy atom. The molecule has 0 unspecified atom stereocenters. The van der Waals surface area contributed by atoms with E-state index in [1.165, 1.54) is 7.11 Å². The first-order chi connectivity index (χ1) is 14.9. The summed E-state index contributed by atoms with van der Waals surface area (Å²) in [6.07, 6.45) is -0.898. The number of fused-ring (bicyclic) bond motifs is 1. The second kappa shape index (κ2) is 9.65. The number of hydrogen-bond acceptors (Lipinski definition) is 7. The van der Waals surface area contributed by atoms with Gasteiger partial charge in [-0.25, -0.2) is 27.5 Å². The lowest BCUT2D eigenvalue weighted by atomic mass is 10.1. The van der Waals surface area contributed by atoms with Gasteiger partial charge in [-0.05, 0) is 24.6 Å². The number of alkyl halides is 2. The highest BCUT2D eigenvalue weighted by Gasteiger charge is 2.31. The maximum absolute atomic E-state index is 14.9. The zero-order valence-electron chi connectivity index (χ0n) is 16.8. The van der Waals surface area contributed by atoms with Crippen LogP contribution < -0.4 is 9.64 Å². The highest BCUT2D eigenvalue weighted by Crippen LogP contribution is 2.26. The minimum atomic E-state index is -2.99. The van der Waals surface area contributed by atoms with E-state index < -0.39 is 36.7 Å². The van der Waals surface area contributed by atoms with Crippen molar-refractivity contribution in [2.75, 3.05) is 25.2 Å². The number of carbonyl (C=O) groups excluding carboxylic acids is 1. The molecule has 0 amide bonds. The number of carbonyl (C=O) groups is 1. The molecule has 0 radical (unpaired) electrons. The van der Waals surface area contributed by atoms with Gasteiger partial charge in [0.1, 0.15) is 17.4 Å². The lowest BCUT2D eigenvalue weighted by Crippen LogP contribution is -2.44. The third-order valence-corrected chi connectivity index (χ3v) is 4.59. The molecule has 0 spiro atoms. The summed E-state index contributed by atoms with van der Waals surface area (Å²) >= 11 is 0. The first-order valence-corrected chi connectivity index (χ1v) is 9.39. The fourth-order valence-corrected chi connectivity index (χ4v) is 3.03. The largest absolute Gasteiger partial charge is 0.497 e. The van der Waals surface area contributed by atoms with Gasteiger partial charge in [0.25, 0.3) is 6.43 Å². The van der Waals surface area contributed by atoms with Gasteiger partial charge in [0.15, 0.2) is 17.3 Å². The third kappa shape index (κ3) is 4.71. The van der Waals surface area contributed by atoms with Gasteiger partial charge in [-0.3, -0.25) is 0 Å². The van der Waals surface area contributed by atoms with E-state index in [0.29, 0.717) is 11.3 Å². The van der Waals surface area contributed by atoms with Gasteiger partial charge in [-0.2, -0.15) is 5.10 Å². The first-order valence-electron chi connectivity index (χ1n) is 9.39. The number of aromatic nitrogens is 3. The number of anilines is 1. The van der Waals surface area contributed by atoms with Crippen molar-refractivity contribution in [2.45, 2.75) is 25.9 Å². The zero-order valence-corrected chi connectivity index (χ0v) is 16.8. The van der Waals surface area contributed by atoms with Gasteiger partial charge < -0.3 is 19.5 Å². The second-order valence-electron chi connectivity index (χ2n) is 6.52. The molecule has 1 N–H and O–H groups in total. The summed E-state index contributed by atoms with van der Waals surface area (Å²) in [5.74, 6) is -1.56. The number of benzene rings is 1. The van der Waals surface area contributed by atoms with Crippen molar-refractivity contribution in [2.24, 2.45) is 0 Å². The fraction of sp³-hybridized carbons (Fsp3) is 0.350. The third-order valence-electron chi connectivity index (χ3n) is 4.59. The van der Waals surface area contributed by atoms with E-state index in [-0.39, 0.29) is 24.4 Å². The van der Waals surface area contributed by atoms with Crippen LogP contribution in [0.1, 0.15) is 22.8 Å². The van der Waals surface area contributed by atoms with Crippen LogP contribution in [0.5, 0.6) is 5.75 Å². The maximum atomic E-state index is 14.9. The molecule has 0 saturated heterocycles. The quantitative estimate of drug-likeness (QED) is 0.514. The number of halogens is 3. The van der Waals surface area contributed by atoms with Crippen molar-refractivity contribution in [1.82, 2.24) is 14.6 Å². The smallest absolute Gasteiger partial charge is 0.343 e. The number of methoxy groups -OCH3 is 1. The highest BCUT2D eigenvalue weighted by atomic mass is 19.3. The van der Waals surface area contributed by atoms with Crippen LogP contribution in [0.3, 0.4) is 0 Å². The average molecular weight is 438 g/mol. The van der Waals surface area contributed by atoms with Crippen LogP contribution in [0.2, 0.25) is 0 Å². The van der Waals surface area contributed by atoms with Crippen LogP contribution in [0.25, 0.3) is 5.65 Å². The summed E-state index contributed by atoms with van der Waals surface area (Å²) < 4.78 is 53.3. The van der Waals surface area contributed by atoms with Gasteiger partial charge >= 0.3 is 5.97 Å². The predicted octanol–water partition coefficient (Wildman–Crippen LogP) is 2.69. The van der Waals surface area contributed by atoms with Gasteiger partial charge in [-0.15, -0.1) is 0 Å². The molecular formula is C20H21F3N4O4. The molecule has 0 aliphatic heterocycles. The van der Waals surface area contributed by atoms with Crippen molar-refractivity contribution < 1.29 is 32.5 Å². The molecule has 0 aliphatic carbocycles. The average Bonchev–Trinajstić information content (AvgIpc) is 3.16. The minimum absolute atomic E-state index is 0.0370. The lowest BCUT2D eigenvalue weighted by Gasteiger charge is -2.31. The molecule has 0 aliphatic rings. The molecule has 166 valence electrons. The number of rotatable bonds is 9. The van der Waals surface area contributed by atoms with E-state index in [4.69, 9.17) is 9.47 Å². The standard InChI is InChI=1S/C20H21F3N4O4/c1-3-31-20(29)14-8-24-27-10-15(21)19(25-18(14)27)26(16(11-28)17(22)23)9-12-4-6-13(30-2)7-5-12/h4-8,10,16-17,28H,3,9,11H2,1-2H3/t16-/m0/s1. The summed E-state index contributed by atoms with van der Waals surface area (Å²) in [7, 11) is 1.49. The van der Waals surface area contributed by atoms with Crippen molar-refractivity contribution >= 4 is 17.4 Å². The Bertz CT molecular complexity index is 1040. The topological polar surface area (TPSA) is 89.2 Å². The molecule has 1 atom stereocenters. The Morgan fingerprint density at radius 2 is 2.00 bits per heavy atom. The normalized spacial score (nSPS) is 12.2. The molecule has 0 saturated carbocycles. The lowest BCUT2D eigenvalue weighted by molar-refractivity contribution is 0.0528. The molecule has 2 aromatic heterocycles. The van der Waals surface area contributed by atoms with Crippen LogP contribution in [0.4, 0.5) is 19.0 Å². The van der Waals surface area contributed by atoms with E-state index in [2.05, 4.69) is 10.1 Å².